The highest BCUT2D eigenvalue weighted by Crippen LogP contribution is 2.45. The Morgan fingerprint density at radius 1 is 1.04 bits per heavy atom. The number of para-hydroxylation sites is 2. The summed E-state index contributed by atoms with van der Waals surface area (Å²) in [7, 11) is 1.67. The molecule has 0 bridgehead atoms. The predicted octanol–water partition coefficient (Wildman–Crippen LogP) is 3.08. The molecule has 5 nitrogen and oxygen atoms in total. The summed E-state index contributed by atoms with van der Waals surface area (Å²) < 4.78 is 31.0. The number of halogens is 2. The fourth-order valence-corrected chi connectivity index (χ4v) is 2.88. The first-order chi connectivity index (χ1) is 11.3. The third kappa shape index (κ3) is 1.90. The number of nitrogens with zero attached hydrogens (tertiary/aromatic N) is 5. The lowest BCUT2D eigenvalue weighted by Gasteiger charge is -2.34. The van der Waals surface area contributed by atoms with Crippen molar-refractivity contribution in [2.24, 2.45) is 12.0 Å². The molecule has 0 radical (unpaired) electrons. The molecule has 122 valence electrons. The molecule has 0 unspecified atom stereocenters. The normalized spacial score (nSPS) is 18.3. The maximum atomic E-state index is 14.7. The Labute approximate surface area is 137 Å². The summed E-state index contributed by atoms with van der Waals surface area (Å²) in [5.74, 6) is -3.16. The number of hydrogen-bond acceptors (Lipinski definition) is 4. The van der Waals surface area contributed by atoms with Gasteiger partial charge in [-0.15, -0.1) is 0 Å². The molecule has 0 fully saturated rings. The van der Waals surface area contributed by atoms with Crippen molar-refractivity contribution in [1.82, 2.24) is 19.5 Å². The summed E-state index contributed by atoms with van der Waals surface area (Å²) in [6.45, 7) is 2.80. The third-order valence-corrected chi connectivity index (χ3v) is 4.31. The minimum Gasteiger partial charge on any atom is -0.332 e. The number of aryl methyl sites for hydroxylation is 1. The molecule has 0 saturated carbocycles. The molecule has 0 spiro atoms. The highest BCUT2D eigenvalue weighted by atomic mass is 19.3. The minimum absolute atomic E-state index is 0.269. The van der Waals surface area contributed by atoms with E-state index in [-0.39, 0.29) is 11.4 Å². The van der Waals surface area contributed by atoms with Crippen LogP contribution in [0, 0.1) is 0 Å². The van der Waals surface area contributed by atoms with Gasteiger partial charge in [0.25, 0.3) is 0 Å². The average Bonchev–Trinajstić information content (AvgIpc) is 2.93. The van der Waals surface area contributed by atoms with E-state index in [2.05, 4.69) is 19.9 Å². The molecule has 7 heteroatoms. The van der Waals surface area contributed by atoms with Crippen LogP contribution in [0.25, 0.3) is 11.0 Å². The quantitative estimate of drug-likeness (QED) is 0.690. The summed E-state index contributed by atoms with van der Waals surface area (Å²) >= 11 is 0. The van der Waals surface area contributed by atoms with Crippen LogP contribution in [0.15, 0.2) is 41.8 Å². The molecule has 1 aromatic carbocycles. The maximum absolute atomic E-state index is 14.7. The zero-order valence-electron chi connectivity index (χ0n) is 13.5. The van der Waals surface area contributed by atoms with Crippen molar-refractivity contribution in [3.63, 3.8) is 0 Å². The van der Waals surface area contributed by atoms with Gasteiger partial charge in [-0.3, -0.25) is 9.98 Å². The molecular weight excluding hydrogens is 312 g/mol. The van der Waals surface area contributed by atoms with Gasteiger partial charge in [0, 0.05) is 7.05 Å². The Morgan fingerprint density at radius 2 is 1.75 bits per heavy atom. The molecule has 1 aliphatic heterocycles. The van der Waals surface area contributed by atoms with Crippen LogP contribution in [-0.4, -0.2) is 30.8 Å². The van der Waals surface area contributed by atoms with E-state index < -0.39 is 11.5 Å². The van der Waals surface area contributed by atoms with Crippen LogP contribution in [0.3, 0.4) is 0 Å². The summed E-state index contributed by atoms with van der Waals surface area (Å²) in [4.78, 5) is 17.2. The fraction of sp³-hybridized carbons (Fsp3) is 0.294. The Balaban J connectivity index is 1.99. The van der Waals surface area contributed by atoms with Crippen LogP contribution in [0.1, 0.15) is 30.9 Å². The predicted molar refractivity (Wildman–Crippen MR) is 86.4 cm³/mol. The van der Waals surface area contributed by atoms with Crippen molar-refractivity contribution in [1.29, 1.82) is 0 Å². The van der Waals surface area contributed by atoms with Gasteiger partial charge in [0.2, 0.25) is 0 Å². The second-order valence-corrected chi connectivity index (χ2v) is 6.39. The molecule has 0 N–H and O–H groups in total. The Morgan fingerprint density at radius 3 is 2.50 bits per heavy atom. The second-order valence-electron chi connectivity index (χ2n) is 6.39. The van der Waals surface area contributed by atoms with E-state index in [4.69, 9.17) is 0 Å². The van der Waals surface area contributed by atoms with E-state index in [0.29, 0.717) is 16.9 Å². The largest absolute Gasteiger partial charge is 0.332 e. The monoisotopic (exact) mass is 327 g/mol. The zero-order chi connectivity index (χ0) is 17.1. The highest BCUT2D eigenvalue weighted by Gasteiger charge is 2.55. The van der Waals surface area contributed by atoms with Gasteiger partial charge in [0.05, 0.1) is 29.3 Å². The number of fused-ring (bicyclic) bond motifs is 2. The van der Waals surface area contributed by atoms with Gasteiger partial charge in [-0.05, 0) is 26.0 Å². The van der Waals surface area contributed by atoms with Crippen molar-refractivity contribution in [3.8, 4) is 0 Å². The number of benzene rings is 1. The van der Waals surface area contributed by atoms with Gasteiger partial charge in [-0.2, -0.15) is 8.78 Å². The molecule has 1 aliphatic rings. The topological polar surface area (TPSA) is 56.0 Å². The van der Waals surface area contributed by atoms with Crippen molar-refractivity contribution in [2.75, 3.05) is 0 Å². The molecule has 3 heterocycles. The van der Waals surface area contributed by atoms with E-state index in [1.54, 1.807) is 17.8 Å². The smallest absolute Gasteiger partial charge is 0.315 e. The Hall–Kier alpha value is -2.70. The van der Waals surface area contributed by atoms with Crippen LogP contribution in [0.4, 0.5) is 8.78 Å². The molecule has 24 heavy (non-hydrogen) atoms. The first-order valence-corrected chi connectivity index (χ1v) is 7.53. The molecule has 2 aromatic heterocycles. The lowest BCUT2D eigenvalue weighted by Crippen LogP contribution is -2.44. The minimum atomic E-state index is -3.16. The van der Waals surface area contributed by atoms with E-state index in [1.165, 1.54) is 20.2 Å². The van der Waals surface area contributed by atoms with Crippen LogP contribution in [0.5, 0.6) is 0 Å². The molecule has 0 atom stereocenters. The van der Waals surface area contributed by atoms with Gasteiger partial charge in [0.1, 0.15) is 22.6 Å². The highest BCUT2D eigenvalue weighted by molar-refractivity contribution is 6.12. The number of aromatic nitrogens is 4. The van der Waals surface area contributed by atoms with Crippen molar-refractivity contribution in [2.45, 2.75) is 25.3 Å². The molecule has 0 aliphatic carbocycles. The lowest BCUT2D eigenvalue weighted by molar-refractivity contribution is -0.0719. The van der Waals surface area contributed by atoms with Crippen LogP contribution in [0.2, 0.25) is 0 Å². The number of aliphatic imine (C=N–C) groups is 1. The van der Waals surface area contributed by atoms with Gasteiger partial charge >= 0.3 is 5.92 Å². The van der Waals surface area contributed by atoms with E-state index in [0.717, 1.165) is 5.52 Å². The first kappa shape index (κ1) is 14.9. The molecule has 4 rings (SSSR count). The van der Waals surface area contributed by atoms with Crippen molar-refractivity contribution in [3.05, 3.63) is 53.9 Å². The van der Waals surface area contributed by atoms with E-state index >= 15 is 0 Å². The summed E-state index contributed by atoms with van der Waals surface area (Å²) in [5.41, 5.74) is 0.681. The van der Waals surface area contributed by atoms with Crippen LogP contribution in [-0.2, 0) is 13.0 Å². The van der Waals surface area contributed by atoms with Crippen LogP contribution >= 0.6 is 0 Å². The van der Waals surface area contributed by atoms with Crippen LogP contribution < -0.4 is 0 Å². The lowest BCUT2D eigenvalue weighted by atomic mass is 9.88. The number of hydrogen-bond donors (Lipinski definition) is 0. The Bertz CT molecular complexity index is 988. The standard InChI is InChI=1S/C17H15F2N5/c1-16(2)17(18,19)15-14(24(3)9-21-15)13(23-16)12-8-20-10-6-4-5-7-11(10)22-12/h4-9H,1-3H3. The first-order valence-electron chi connectivity index (χ1n) is 7.53. The molecule has 0 amide bonds. The molecule has 0 saturated heterocycles. The molecule has 3 aromatic rings. The number of rotatable bonds is 1. The van der Waals surface area contributed by atoms with Gasteiger partial charge < -0.3 is 4.57 Å². The maximum Gasteiger partial charge on any atom is 0.315 e. The zero-order valence-corrected chi connectivity index (χ0v) is 13.5. The average molecular weight is 327 g/mol. The summed E-state index contributed by atoms with van der Waals surface area (Å²) in [6.07, 6.45) is 2.95. The number of imidazole rings is 1. The van der Waals surface area contributed by atoms with Crippen molar-refractivity contribution >= 4 is 16.7 Å². The van der Waals surface area contributed by atoms with Gasteiger partial charge in [0.15, 0.2) is 0 Å². The molecular formula is C17H15F2N5. The SMILES string of the molecule is Cn1cnc2c1C(c1cnc3ccccc3n1)=NC(C)(C)C2(F)F. The van der Waals surface area contributed by atoms with E-state index in [9.17, 15) is 8.78 Å². The summed E-state index contributed by atoms with van der Waals surface area (Å²) in [5, 5.41) is 0. The van der Waals surface area contributed by atoms with E-state index in [1.807, 2.05) is 24.3 Å². The fourth-order valence-electron chi connectivity index (χ4n) is 2.88. The second kappa shape index (κ2) is 4.66. The Kier molecular flexibility index (Phi) is 2.88. The van der Waals surface area contributed by atoms with Crippen molar-refractivity contribution < 1.29 is 8.78 Å². The number of alkyl halides is 2. The summed E-state index contributed by atoms with van der Waals surface area (Å²) in [6, 6.07) is 7.41. The third-order valence-electron chi connectivity index (χ3n) is 4.31. The van der Waals surface area contributed by atoms with Gasteiger partial charge in [-0.25, -0.2) is 9.97 Å². The van der Waals surface area contributed by atoms with Gasteiger partial charge in [-0.1, -0.05) is 12.1 Å².